The molecule has 0 aliphatic carbocycles. The lowest BCUT2D eigenvalue weighted by Gasteiger charge is -2.26. The van der Waals surface area contributed by atoms with Gasteiger partial charge in [0.1, 0.15) is 5.57 Å². The fourth-order valence-corrected chi connectivity index (χ4v) is 4.02. The van der Waals surface area contributed by atoms with Gasteiger partial charge >= 0.3 is 12.0 Å². The highest BCUT2D eigenvalue weighted by molar-refractivity contribution is 14.1. The number of nitrogens with zero attached hydrogens (tertiary/aromatic N) is 1. The lowest BCUT2D eigenvalue weighted by molar-refractivity contribution is -0.143. The normalized spacial score (nSPS) is 15.9. The summed E-state index contributed by atoms with van der Waals surface area (Å²) in [4.78, 5) is 50.4. The van der Waals surface area contributed by atoms with Crippen molar-refractivity contribution in [1.29, 1.82) is 0 Å². The van der Waals surface area contributed by atoms with E-state index >= 15 is 0 Å². The van der Waals surface area contributed by atoms with Gasteiger partial charge in [-0.2, -0.15) is 0 Å². The van der Waals surface area contributed by atoms with E-state index in [0.29, 0.717) is 26.4 Å². The number of anilines is 1. The molecule has 0 atom stereocenters. The lowest BCUT2D eigenvalue weighted by Crippen LogP contribution is -2.54. The number of hydrogen-bond acceptors (Lipinski definition) is 9. The molecular weight excluding hydrogens is 563 g/mol. The highest BCUT2D eigenvalue weighted by Crippen LogP contribution is 2.37. The van der Waals surface area contributed by atoms with Crippen LogP contribution < -0.4 is 29.2 Å². The number of benzene rings is 2. The van der Waals surface area contributed by atoms with E-state index in [2.05, 4.69) is 10.1 Å². The minimum absolute atomic E-state index is 0.0301. The molecule has 2 heterocycles. The van der Waals surface area contributed by atoms with Crippen molar-refractivity contribution in [2.24, 2.45) is 0 Å². The molecule has 4 rings (SSSR count). The number of hydrogen-bond donors (Lipinski definition) is 1. The number of nitrogens with one attached hydrogen (secondary N) is 1. The number of barbiturate groups is 1. The number of carbonyl (C=O) groups excluding carboxylic acids is 4. The van der Waals surface area contributed by atoms with E-state index in [1.165, 1.54) is 38.5 Å². The summed E-state index contributed by atoms with van der Waals surface area (Å²) < 4.78 is 26.5. The Balaban J connectivity index is 1.67. The SMILES string of the molecule is COC(=O)COc1c(I)cc(/C=C2/C(=O)NC(=O)N(c3ccc4c(c3)OCO4)C2=O)cc1OC. The Bertz CT molecular complexity index is 1240. The Morgan fingerprint density at radius 2 is 1.91 bits per heavy atom. The Hall–Kier alpha value is -3.81. The van der Waals surface area contributed by atoms with Gasteiger partial charge in [0.15, 0.2) is 29.6 Å². The molecule has 2 aliphatic heterocycles. The number of halogens is 1. The summed E-state index contributed by atoms with van der Waals surface area (Å²) in [6.07, 6.45) is 1.33. The molecule has 34 heavy (non-hydrogen) atoms. The Labute approximate surface area is 206 Å². The van der Waals surface area contributed by atoms with Gasteiger partial charge < -0.3 is 23.7 Å². The van der Waals surface area contributed by atoms with Crippen molar-refractivity contribution < 1.29 is 42.9 Å². The summed E-state index contributed by atoms with van der Waals surface area (Å²) in [5, 5.41) is 2.17. The minimum atomic E-state index is -0.885. The minimum Gasteiger partial charge on any atom is -0.493 e. The molecule has 2 aliphatic rings. The van der Waals surface area contributed by atoms with Crippen LogP contribution in [0, 0.1) is 3.57 Å². The van der Waals surface area contributed by atoms with Gasteiger partial charge in [-0.05, 0) is 58.5 Å². The summed E-state index contributed by atoms with van der Waals surface area (Å²) in [6, 6.07) is 6.83. The highest BCUT2D eigenvalue weighted by Gasteiger charge is 2.37. The zero-order valence-corrected chi connectivity index (χ0v) is 20.0. The number of rotatable bonds is 6. The first-order valence-electron chi connectivity index (χ1n) is 9.70. The highest BCUT2D eigenvalue weighted by atomic mass is 127. The smallest absolute Gasteiger partial charge is 0.343 e. The maximum Gasteiger partial charge on any atom is 0.343 e. The molecule has 1 fully saturated rings. The molecule has 1 N–H and O–H groups in total. The number of fused-ring (bicyclic) bond motifs is 1. The first kappa shape index (κ1) is 23.4. The van der Waals surface area contributed by atoms with Crippen molar-refractivity contribution in [3.05, 3.63) is 45.0 Å². The van der Waals surface area contributed by atoms with Crippen LogP contribution in [0.25, 0.3) is 6.08 Å². The standard InChI is InChI=1S/C22H17IN2O9/c1-30-17-7-11(6-14(23)19(17)32-9-18(26)31-2)5-13-20(27)24-22(29)25(21(13)28)12-3-4-15-16(8-12)34-10-33-15/h3-8H,9-10H2,1-2H3,(H,24,27,29)/b13-5-. The summed E-state index contributed by atoms with van der Waals surface area (Å²) in [7, 11) is 2.65. The molecule has 4 amide bonds. The third-order valence-corrected chi connectivity index (χ3v) is 5.64. The number of methoxy groups -OCH3 is 2. The summed E-state index contributed by atoms with van der Waals surface area (Å²) in [5.41, 5.74) is 0.382. The van der Waals surface area contributed by atoms with Crippen LogP contribution in [0.5, 0.6) is 23.0 Å². The van der Waals surface area contributed by atoms with E-state index in [0.717, 1.165) is 4.90 Å². The van der Waals surface area contributed by atoms with E-state index in [4.69, 9.17) is 18.9 Å². The first-order valence-corrected chi connectivity index (χ1v) is 10.8. The number of carbonyl (C=O) groups is 4. The van der Waals surface area contributed by atoms with Crippen molar-refractivity contribution in [3.8, 4) is 23.0 Å². The number of ether oxygens (including phenoxy) is 5. The van der Waals surface area contributed by atoms with E-state index in [-0.39, 0.29) is 30.4 Å². The average molecular weight is 580 g/mol. The van der Waals surface area contributed by atoms with Gasteiger partial charge in [-0.1, -0.05) is 0 Å². The van der Waals surface area contributed by atoms with E-state index in [1.807, 2.05) is 22.6 Å². The second kappa shape index (κ2) is 9.59. The van der Waals surface area contributed by atoms with Crippen molar-refractivity contribution in [1.82, 2.24) is 5.32 Å². The summed E-state index contributed by atoms with van der Waals surface area (Å²) >= 11 is 1.97. The van der Waals surface area contributed by atoms with Crippen LogP contribution in [0.1, 0.15) is 5.56 Å². The lowest BCUT2D eigenvalue weighted by atomic mass is 10.1. The molecule has 0 aromatic heterocycles. The fourth-order valence-electron chi connectivity index (χ4n) is 3.24. The average Bonchev–Trinajstić information content (AvgIpc) is 3.28. The maximum absolute atomic E-state index is 13.2. The van der Waals surface area contributed by atoms with Gasteiger partial charge in [-0.25, -0.2) is 14.5 Å². The Kier molecular flexibility index (Phi) is 6.58. The molecule has 12 heteroatoms. The zero-order chi connectivity index (χ0) is 24.4. The number of esters is 1. The zero-order valence-electron chi connectivity index (χ0n) is 17.9. The molecule has 2 aromatic carbocycles. The molecule has 11 nitrogen and oxygen atoms in total. The predicted octanol–water partition coefficient (Wildman–Crippen LogP) is 2.25. The van der Waals surface area contributed by atoms with Crippen LogP contribution in [0.4, 0.5) is 10.5 Å². The summed E-state index contributed by atoms with van der Waals surface area (Å²) in [6.45, 7) is -0.292. The largest absolute Gasteiger partial charge is 0.493 e. The molecule has 0 saturated carbocycles. The number of imide groups is 2. The van der Waals surface area contributed by atoms with Crippen LogP contribution >= 0.6 is 22.6 Å². The topological polar surface area (TPSA) is 130 Å². The van der Waals surface area contributed by atoms with Crippen molar-refractivity contribution >= 4 is 58.2 Å². The van der Waals surface area contributed by atoms with Crippen molar-refractivity contribution in [2.75, 3.05) is 32.5 Å². The quantitative estimate of drug-likeness (QED) is 0.237. The van der Waals surface area contributed by atoms with Crippen LogP contribution in [0.15, 0.2) is 35.9 Å². The molecule has 176 valence electrons. The molecule has 2 aromatic rings. The molecular formula is C22H17IN2O9. The second-order valence-corrected chi connectivity index (χ2v) is 8.06. The molecule has 0 bridgehead atoms. The number of urea groups is 1. The van der Waals surface area contributed by atoms with Gasteiger partial charge in [0.05, 0.1) is 23.5 Å². The molecule has 0 unspecified atom stereocenters. The number of amides is 4. The van der Waals surface area contributed by atoms with Crippen LogP contribution in [0.2, 0.25) is 0 Å². The second-order valence-electron chi connectivity index (χ2n) is 6.89. The monoisotopic (exact) mass is 580 g/mol. The van der Waals surface area contributed by atoms with E-state index in [9.17, 15) is 19.2 Å². The molecule has 0 spiro atoms. The third kappa shape index (κ3) is 4.48. The maximum atomic E-state index is 13.2. The van der Waals surface area contributed by atoms with E-state index < -0.39 is 23.8 Å². The summed E-state index contributed by atoms with van der Waals surface area (Å²) in [5.74, 6) is -0.789. The predicted molar refractivity (Wildman–Crippen MR) is 125 cm³/mol. The van der Waals surface area contributed by atoms with Gasteiger partial charge in [-0.3, -0.25) is 14.9 Å². The van der Waals surface area contributed by atoms with Gasteiger partial charge in [-0.15, -0.1) is 0 Å². The third-order valence-electron chi connectivity index (χ3n) is 4.84. The van der Waals surface area contributed by atoms with Crippen molar-refractivity contribution in [2.45, 2.75) is 0 Å². The first-order chi connectivity index (χ1) is 16.3. The molecule has 1 saturated heterocycles. The Morgan fingerprint density at radius 1 is 1.15 bits per heavy atom. The Morgan fingerprint density at radius 3 is 2.65 bits per heavy atom. The van der Waals surface area contributed by atoms with Crippen LogP contribution in [0.3, 0.4) is 0 Å². The molecule has 0 radical (unpaired) electrons. The van der Waals surface area contributed by atoms with Gasteiger partial charge in [0.2, 0.25) is 6.79 Å². The van der Waals surface area contributed by atoms with Crippen LogP contribution in [-0.2, 0) is 19.1 Å². The van der Waals surface area contributed by atoms with Gasteiger partial charge in [0.25, 0.3) is 11.8 Å². The fraction of sp³-hybridized carbons (Fsp3) is 0.182. The van der Waals surface area contributed by atoms with Crippen molar-refractivity contribution in [3.63, 3.8) is 0 Å². The van der Waals surface area contributed by atoms with E-state index in [1.54, 1.807) is 12.1 Å². The van der Waals surface area contributed by atoms with Gasteiger partial charge in [0, 0.05) is 6.07 Å². The van der Waals surface area contributed by atoms with Crippen LogP contribution in [-0.4, -0.2) is 51.4 Å².